The van der Waals surface area contributed by atoms with Crippen molar-refractivity contribution < 1.29 is 62.6 Å². The highest BCUT2D eigenvalue weighted by Gasteiger charge is 2.80. The number of carbonyl (C=O) groups is 5. The number of carbonyl (C=O) groups excluding carboxylic acids is 5. The van der Waals surface area contributed by atoms with Gasteiger partial charge in [0.1, 0.15) is 36.6 Å². The van der Waals surface area contributed by atoms with E-state index in [4.69, 9.17) is 28.4 Å². The summed E-state index contributed by atoms with van der Waals surface area (Å²) < 4.78 is 36.2. The highest BCUT2D eigenvalue weighted by molar-refractivity contribution is 5.89. The quantitative estimate of drug-likeness (QED) is 0.245. The highest BCUT2D eigenvalue weighted by Crippen LogP contribution is 2.68. The minimum Gasteiger partial charge on any atom is -0.462 e. The molecule has 1 saturated heterocycles. The summed E-state index contributed by atoms with van der Waals surface area (Å²) in [4.78, 5) is 64.9. The topological polar surface area (TPSA) is 181 Å². The molecule has 0 amide bonds. The highest BCUT2D eigenvalue weighted by atomic mass is 16.6. The molecule has 0 spiro atoms. The van der Waals surface area contributed by atoms with Gasteiger partial charge in [0.2, 0.25) is 0 Å². The molecule has 2 N–H and O–H groups in total. The molecule has 3 aliphatic carbocycles. The van der Waals surface area contributed by atoms with Crippen molar-refractivity contribution in [3.05, 3.63) is 47.0 Å². The molecule has 0 aromatic heterocycles. The Labute approximate surface area is 278 Å². The van der Waals surface area contributed by atoms with Gasteiger partial charge in [0.05, 0.1) is 34.5 Å². The fraction of sp³-hybridized carbons (Fsp3) is 0.629. The average Bonchev–Trinajstić information content (AvgIpc) is 3.23. The molecule has 13 heteroatoms. The van der Waals surface area contributed by atoms with Crippen LogP contribution in [0.15, 0.2) is 41.5 Å². The van der Waals surface area contributed by atoms with Gasteiger partial charge in [-0.3, -0.25) is 19.2 Å². The van der Waals surface area contributed by atoms with E-state index in [1.165, 1.54) is 53.7 Å². The Balaban J connectivity index is 1.90. The molecule has 13 nitrogen and oxygen atoms in total. The van der Waals surface area contributed by atoms with Gasteiger partial charge in [-0.25, -0.2) is 4.79 Å². The van der Waals surface area contributed by atoms with Crippen molar-refractivity contribution in [3.8, 4) is 0 Å². The van der Waals surface area contributed by atoms with E-state index in [1.807, 2.05) is 0 Å². The zero-order chi connectivity index (χ0) is 35.6. The van der Waals surface area contributed by atoms with Gasteiger partial charge < -0.3 is 38.6 Å². The van der Waals surface area contributed by atoms with Crippen LogP contribution in [0.1, 0.15) is 78.6 Å². The van der Waals surface area contributed by atoms with Crippen molar-refractivity contribution in [2.75, 3.05) is 6.61 Å². The summed E-state index contributed by atoms with van der Waals surface area (Å²) in [5.41, 5.74) is -6.13. The third-order valence-corrected chi connectivity index (χ3v) is 10.8. The second-order valence-electron chi connectivity index (χ2n) is 14.1. The van der Waals surface area contributed by atoms with E-state index in [0.717, 1.165) is 0 Å². The fourth-order valence-corrected chi connectivity index (χ4v) is 9.02. The SMILES string of the molecule is CC(=O)OC1CC2(C(C)(C)O)C(=C1C)C(O)C(OC(=O)c1ccccc1)C1(C)C(OC(C)=O)CC3OCC3(OC(C)=O)C1C2OC(C)=O. The number of ether oxygens (including phenoxy) is 6. The summed E-state index contributed by atoms with van der Waals surface area (Å²) in [5, 5.41) is 25.0. The van der Waals surface area contributed by atoms with Crippen molar-refractivity contribution in [3.63, 3.8) is 0 Å². The van der Waals surface area contributed by atoms with Crippen molar-refractivity contribution in [1.82, 2.24) is 0 Å². The molecule has 4 aliphatic rings. The summed E-state index contributed by atoms with van der Waals surface area (Å²) >= 11 is 0. The van der Waals surface area contributed by atoms with Crippen molar-refractivity contribution in [2.45, 2.75) is 116 Å². The fourth-order valence-electron chi connectivity index (χ4n) is 9.02. The lowest BCUT2D eigenvalue weighted by atomic mass is 9.49. The second kappa shape index (κ2) is 12.3. The second-order valence-corrected chi connectivity index (χ2v) is 14.1. The van der Waals surface area contributed by atoms with Gasteiger partial charge in [-0.15, -0.1) is 0 Å². The number of fused-ring (bicyclic) bond motifs is 4. The van der Waals surface area contributed by atoms with Gasteiger partial charge in [-0.2, -0.15) is 0 Å². The molecule has 0 bridgehead atoms. The molecule has 262 valence electrons. The van der Waals surface area contributed by atoms with Gasteiger partial charge in [0.25, 0.3) is 0 Å². The first-order chi connectivity index (χ1) is 22.3. The van der Waals surface area contributed by atoms with Crippen LogP contribution in [0.2, 0.25) is 0 Å². The van der Waals surface area contributed by atoms with E-state index in [2.05, 4.69) is 0 Å². The number of rotatable bonds is 7. The van der Waals surface area contributed by atoms with Crippen molar-refractivity contribution in [2.24, 2.45) is 16.7 Å². The Bertz CT molecular complexity index is 1530. The molecule has 48 heavy (non-hydrogen) atoms. The molecule has 0 radical (unpaired) electrons. The number of benzene rings is 1. The molecule has 1 heterocycles. The monoisotopic (exact) mass is 672 g/mol. The van der Waals surface area contributed by atoms with E-state index in [-0.39, 0.29) is 30.6 Å². The minimum absolute atomic E-state index is 0.0254. The normalized spacial score (nSPS) is 37.0. The number of aliphatic hydroxyl groups is 2. The van der Waals surface area contributed by atoms with Crippen LogP contribution < -0.4 is 0 Å². The van der Waals surface area contributed by atoms with Crippen LogP contribution in [-0.2, 0) is 47.6 Å². The van der Waals surface area contributed by atoms with Crippen LogP contribution in [0.5, 0.6) is 0 Å². The number of aliphatic hydroxyl groups excluding tert-OH is 1. The largest absolute Gasteiger partial charge is 0.462 e. The lowest BCUT2D eigenvalue weighted by molar-refractivity contribution is -0.352. The van der Waals surface area contributed by atoms with Crippen LogP contribution in [0.25, 0.3) is 0 Å². The van der Waals surface area contributed by atoms with Crippen molar-refractivity contribution >= 4 is 29.8 Å². The van der Waals surface area contributed by atoms with Crippen LogP contribution in [-0.4, -0.2) is 94.5 Å². The first kappa shape index (κ1) is 35.5. The maximum Gasteiger partial charge on any atom is 0.338 e. The Morgan fingerprint density at radius 2 is 1.48 bits per heavy atom. The minimum atomic E-state index is -1.83. The zero-order valence-electron chi connectivity index (χ0n) is 28.4. The summed E-state index contributed by atoms with van der Waals surface area (Å²) in [7, 11) is 0. The van der Waals surface area contributed by atoms with E-state index in [9.17, 15) is 34.2 Å². The Hall–Kier alpha value is -3.81. The van der Waals surface area contributed by atoms with E-state index < -0.39 is 94.4 Å². The van der Waals surface area contributed by atoms with Crippen LogP contribution in [0.3, 0.4) is 0 Å². The summed E-state index contributed by atoms with van der Waals surface area (Å²) in [5.74, 6) is -4.81. The smallest absolute Gasteiger partial charge is 0.338 e. The Kier molecular flexibility index (Phi) is 9.07. The molecule has 5 rings (SSSR count). The van der Waals surface area contributed by atoms with Gasteiger partial charge in [-0.05, 0) is 44.1 Å². The van der Waals surface area contributed by atoms with Gasteiger partial charge >= 0.3 is 29.8 Å². The predicted molar refractivity (Wildman–Crippen MR) is 165 cm³/mol. The zero-order valence-corrected chi connectivity index (χ0v) is 28.4. The first-order valence-corrected chi connectivity index (χ1v) is 16.0. The standard InChI is InChI=1S/C35H44O13/c1-17-23(44-18(2)36)15-34(32(6,7)42)26(17)27(40)29(47-31(41)22-12-10-9-11-13-22)33(8)24(45-19(3)37)14-25-35(16-43-25,48-21(5)39)28(33)30(34)46-20(4)38/h9-13,23-25,27-30,40,42H,14-16H2,1-8H3. The molecule has 3 fully saturated rings. The summed E-state index contributed by atoms with van der Waals surface area (Å²) in [6, 6.07) is 8.07. The number of hydrogen-bond acceptors (Lipinski definition) is 13. The third-order valence-electron chi connectivity index (χ3n) is 10.8. The van der Waals surface area contributed by atoms with Gasteiger partial charge in [0, 0.05) is 40.5 Å². The molecule has 1 aromatic carbocycles. The molecule has 1 aromatic rings. The van der Waals surface area contributed by atoms with Crippen LogP contribution >= 0.6 is 0 Å². The van der Waals surface area contributed by atoms with Crippen molar-refractivity contribution in [1.29, 1.82) is 0 Å². The molecule has 10 unspecified atom stereocenters. The number of esters is 5. The predicted octanol–water partition coefficient (Wildman–Crippen LogP) is 2.59. The lowest BCUT2D eigenvalue weighted by Gasteiger charge is -2.65. The first-order valence-electron chi connectivity index (χ1n) is 16.0. The van der Waals surface area contributed by atoms with E-state index >= 15 is 0 Å². The Morgan fingerprint density at radius 3 is 1.98 bits per heavy atom. The molecule has 1 aliphatic heterocycles. The summed E-state index contributed by atoms with van der Waals surface area (Å²) in [6.07, 6.45) is -7.92. The third kappa shape index (κ3) is 5.39. The van der Waals surface area contributed by atoms with Crippen LogP contribution in [0.4, 0.5) is 0 Å². The molecular formula is C35H44O13. The maximum absolute atomic E-state index is 13.9. The van der Waals surface area contributed by atoms with E-state index in [1.54, 1.807) is 32.0 Å². The van der Waals surface area contributed by atoms with Gasteiger partial charge in [-0.1, -0.05) is 25.1 Å². The number of hydrogen-bond donors (Lipinski definition) is 2. The van der Waals surface area contributed by atoms with Gasteiger partial charge in [0.15, 0.2) is 5.60 Å². The molecule has 2 saturated carbocycles. The molecular weight excluding hydrogens is 628 g/mol. The lowest BCUT2D eigenvalue weighted by Crippen LogP contribution is -2.79. The average molecular weight is 673 g/mol. The maximum atomic E-state index is 13.9. The van der Waals surface area contributed by atoms with E-state index in [0.29, 0.717) is 5.57 Å². The summed E-state index contributed by atoms with van der Waals surface area (Å²) in [6.45, 7) is 10.9. The van der Waals surface area contributed by atoms with Crippen LogP contribution in [0, 0.1) is 16.7 Å². The Morgan fingerprint density at radius 1 is 0.875 bits per heavy atom. The molecule has 10 atom stereocenters.